The van der Waals surface area contributed by atoms with E-state index in [9.17, 15) is 17.7 Å². The second kappa shape index (κ2) is 13.9. The molecular formula is C33H47F3NO6P. The normalized spacial score (nSPS) is 17.9. The molecule has 0 N–H and O–H groups in total. The second-order valence-corrected chi connectivity index (χ2v) is 14.9. The van der Waals surface area contributed by atoms with Crippen molar-refractivity contribution in [1.29, 1.82) is 0 Å². The monoisotopic (exact) mass is 641 g/mol. The molecule has 7 nitrogen and oxygen atoms in total. The van der Waals surface area contributed by atoms with Crippen LogP contribution in [-0.2, 0) is 41.9 Å². The van der Waals surface area contributed by atoms with Gasteiger partial charge >= 0.3 is 14.0 Å². The Kier molecular flexibility index (Phi) is 11.4. The molecule has 0 amide bonds. The van der Waals surface area contributed by atoms with Gasteiger partial charge in [0.15, 0.2) is 5.90 Å². The maximum Gasteiger partial charge on any atom is 0.475 e. The van der Waals surface area contributed by atoms with Gasteiger partial charge in [0.1, 0.15) is 17.9 Å². The van der Waals surface area contributed by atoms with Crippen molar-refractivity contribution in [3.63, 3.8) is 0 Å². The number of phosphoric acid groups is 1. The van der Waals surface area contributed by atoms with Crippen LogP contribution >= 0.6 is 7.82 Å². The van der Waals surface area contributed by atoms with Gasteiger partial charge in [-0.15, -0.1) is 0 Å². The summed E-state index contributed by atoms with van der Waals surface area (Å²) in [4.78, 5) is 4.60. The summed E-state index contributed by atoms with van der Waals surface area (Å²) in [6.07, 6.45) is -2.77. The summed E-state index contributed by atoms with van der Waals surface area (Å²) < 4.78 is 84.4. The predicted octanol–water partition coefficient (Wildman–Crippen LogP) is 9.21. The number of benzene rings is 2. The molecule has 1 heterocycles. The highest BCUT2D eigenvalue weighted by Gasteiger charge is 2.43. The summed E-state index contributed by atoms with van der Waals surface area (Å²) in [6.45, 7) is 16.3. The first kappa shape index (κ1) is 36.1. The maximum atomic E-state index is 14.1. The molecule has 2 aromatic rings. The molecule has 3 rings (SSSR count). The number of hydrogen-bond donors (Lipinski definition) is 0. The van der Waals surface area contributed by atoms with Crippen molar-refractivity contribution in [2.24, 2.45) is 4.99 Å². The van der Waals surface area contributed by atoms with Crippen LogP contribution in [0.25, 0.3) is 0 Å². The number of rotatable bonds is 13. The lowest BCUT2D eigenvalue weighted by Gasteiger charge is -2.33. The molecule has 0 aromatic heterocycles. The van der Waals surface area contributed by atoms with Crippen molar-refractivity contribution in [2.75, 3.05) is 19.8 Å². The number of ether oxygens (including phenoxy) is 2. The van der Waals surface area contributed by atoms with Gasteiger partial charge in [0.25, 0.3) is 0 Å². The van der Waals surface area contributed by atoms with Gasteiger partial charge in [0.2, 0.25) is 0 Å². The highest BCUT2D eigenvalue weighted by molar-refractivity contribution is 7.48. The fourth-order valence-corrected chi connectivity index (χ4v) is 6.72. The van der Waals surface area contributed by atoms with Crippen molar-refractivity contribution in [3.05, 3.63) is 64.2 Å². The molecule has 0 spiro atoms. The molecule has 0 aliphatic carbocycles. The lowest BCUT2D eigenvalue weighted by molar-refractivity contribution is -0.139. The molecule has 0 fully saturated rings. The topological polar surface area (TPSA) is 75.6 Å². The lowest BCUT2D eigenvalue weighted by Crippen LogP contribution is -2.36. The number of aliphatic imine (C=N–C) groups is 1. The largest absolute Gasteiger partial charge is 0.493 e. The third-order valence-corrected chi connectivity index (χ3v) is 8.99. The van der Waals surface area contributed by atoms with Crippen molar-refractivity contribution in [3.8, 4) is 5.75 Å². The van der Waals surface area contributed by atoms with Crippen molar-refractivity contribution in [2.45, 2.75) is 111 Å². The molecule has 246 valence electrons. The summed E-state index contributed by atoms with van der Waals surface area (Å²) in [6, 6.07) is 10.2. The molecule has 1 atom stereocenters. The number of aryl methyl sites for hydroxylation is 3. The molecular weight excluding hydrogens is 594 g/mol. The van der Waals surface area contributed by atoms with Crippen LogP contribution in [0.1, 0.15) is 89.1 Å². The highest BCUT2D eigenvalue weighted by atomic mass is 31.2. The van der Waals surface area contributed by atoms with Gasteiger partial charge in [0.05, 0.1) is 30.0 Å². The third kappa shape index (κ3) is 10.9. The maximum absolute atomic E-state index is 14.1. The lowest BCUT2D eigenvalue weighted by atomic mass is 9.93. The third-order valence-electron chi connectivity index (χ3n) is 7.00. The van der Waals surface area contributed by atoms with Gasteiger partial charge in [-0.2, -0.15) is 13.2 Å². The van der Waals surface area contributed by atoms with Gasteiger partial charge in [-0.25, -0.2) is 9.56 Å². The molecule has 0 bridgehead atoms. The average molecular weight is 642 g/mol. The van der Waals surface area contributed by atoms with Crippen LogP contribution in [0.5, 0.6) is 5.75 Å². The average Bonchev–Trinajstić information content (AvgIpc) is 3.25. The number of alkyl halides is 3. The van der Waals surface area contributed by atoms with Crippen molar-refractivity contribution < 1.29 is 40.8 Å². The van der Waals surface area contributed by atoms with Crippen LogP contribution in [0.15, 0.2) is 41.4 Å². The first-order valence-electron chi connectivity index (χ1n) is 14.9. The molecule has 0 saturated heterocycles. The minimum absolute atomic E-state index is 0.123. The Balaban J connectivity index is 1.72. The quantitative estimate of drug-likeness (QED) is 0.160. The zero-order valence-electron chi connectivity index (χ0n) is 27.4. The van der Waals surface area contributed by atoms with Crippen LogP contribution in [0.3, 0.4) is 0 Å². The minimum atomic E-state index is -4.59. The summed E-state index contributed by atoms with van der Waals surface area (Å²) in [7, 11) is -4.04. The van der Waals surface area contributed by atoms with E-state index >= 15 is 0 Å². The predicted molar refractivity (Wildman–Crippen MR) is 167 cm³/mol. The van der Waals surface area contributed by atoms with Gasteiger partial charge in [-0.05, 0) is 115 Å². The number of nitrogens with zero attached hydrogens (tertiary/aromatic N) is 1. The van der Waals surface area contributed by atoms with E-state index in [0.717, 1.165) is 11.6 Å². The second-order valence-electron chi connectivity index (χ2n) is 13.4. The van der Waals surface area contributed by atoms with Gasteiger partial charge in [-0.1, -0.05) is 24.3 Å². The summed E-state index contributed by atoms with van der Waals surface area (Å²) >= 11 is 0. The van der Waals surface area contributed by atoms with E-state index in [1.165, 1.54) is 17.2 Å². The molecule has 44 heavy (non-hydrogen) atoms. The molecule has 1 unspecified atom stereocenters. The van der Waals surface area contributed by atoms with Crippen molar-refractivity contribution in [1.82, 2.24) is 0 Å². The summed E-state index contributed by atoms with van der Waals surface area (Å²) in [5, 5.41) is 0. The fraction of sp³-hybridized carbons (Fsp3) is 0.606. The fourth-order valence-electron chi connectivity index (χ4n) is 4.84. The Morgan fingerprint density at radius 3 is 2.18 bits per heavy atom. The summed E-state index contributed by atoms with van der Waals surface area (Å²) in [5.74, 6) is 0.218. The minimum Gasteiger partial charge on any atom is -0.493 e. The SMILES string of the molecule is CC1=NC(CCc2ccc(OCCCc3cccc(C)c3C)c(C(F)(F)F)c2)(COP(=O)(OC(C)(C)C)OC(C)(C)C)CO1. The highest BCUT2D eigenvalue weighted by Crippen LogP contribution is 2.56. The summed E-state index contributed by atoms with van der Waals surface area (Å²) in [5.41, 5.74) is 0.543. The van der Waals surface area contributed by atoms with E-state index < -0.39 is 36.3 Å². The standard InChI is InChI=1S/C33H47F3NO6P/c1-23-12-10-13-27(24(23)2)14-11-19-39-29-16-15-26(20-28(29)33(34,35)36)17-18-32(21-40-25(3)37-32)22-41-44(38,42-30(4,5)6)43-31(7,8)9/h10,12-13,15-16,20H,11,14,17-19,21-22H2,1-9H3. The van der Waals surface area contributed by atoms with E-state index in [-0.39, 0.29) is 38.4 Å². The molecule has 1 aliphatic heterocycles. The zero-order chi connectivity index (χ0) is 33.0. The van der Waals surface area contributed by atoms with Crippen LogP contribution in [0, 0.1) is 13.8 Å². The Bertz CT molecular complexity index is 1340. The van der Waals surface area contributed by atoms with Gasteiger partial charge in [0, 0.05) is 6.92 Å². The van der Waals surface area contributed by atoms with Gasteiger partial charge < -0.3 is 9.47 Å². The number of hydrogen-bond acceptors (Lipinski definition) is 7. The van der Waals surface area contributed by atoms with Crippen molar-refractivity contribution >= 4 is 13.7 Å². The molecule has 0 saturated carbocycles. The van der Waals surface area contributed by atoms with Crippen LogP contribution in [-0.4, -0.2) is 42.5 Å². The first-order chi connectivity index (χ1) is 20.2. The Morgan fingerprint density at radius 2 is 1.61 bits per heavy atom. The first-order valence-corrected chi connectivity index (χ1v) is 16.4. The molecule has 2 aromatic carbocycles. The Labute approximate surface area is 260 Å². The number of phosphoric ester groups is 1. The van der Waals surface area contributed by atoms with E-state index in [2.05, 4.69) is 4.99 Å². The molecule has 11 heteroatoms. The van der Waals surface area contributed by atoms with Gasteiger partial charge in [-0.3, -0.25) is 13.6 Å². The Morgan fingerprint density at radius 1 is 0.955 bits per heavy atom. The molecule has 0 radical (unpaired) electrons. The Hall–Kier alpha value is -2.39. The molecule has 1 aliphatic rings. The smallest absolute Gasteiger partial charge is 0.475 e. The van der Waals surface area contributed by atoms with E-state index in [1.807, 2.05) is 32.0 Å². The zero-order valence-corrected chi connectivity index (χ0v) is 28.3. The van der Waals surface area contributed by atoms with E-state index in [1.54, 1.807) is 54.5 Å². The number of halogens is 3. The van der Waals surface area contributed by atoms with Crippen LogP contribution < -0.4 is 4.74 Å². The van der Waals surface area contributed by atoms with E-state index in [0.29, 0.717) is 24.3 Å². The van der Waals surface area contributed by atoms with Crippen LogP contribution in [0.4, 0.5) is 13.2 Å². The van der Waals surface area contributed by atoms with E-state index in [4.69, 9.17) is 23.0 Å². The van der Waals surface area contributed by atoms with Crippen LogP contribution in [0.2, 0.25) is 0 Å².